The Hall–Kier alpha value is -2.94. The monoisotopic (exact) mass is 397 g/mol. The van der Waals surface area contributed by atoms with Crippen LogP contribution in [-0.2, 0) is 9.53 Å². The van der Waals surface area contributed by atoms with Crippen LogP contribution in [-0.4, -0.2) is 18.5 Å². The van der Waals surface area contributed by atoms with E-state index in [4.69, 9.17) is 4.74 Å². The fourth-order valence-electron chi connectivity index (χ4n) is 2.45. The lowest BCUT2D eigenvalue weighted by atomic mass is 10.1. The van der Waals surface area contributed by atoms with Crippen molar-refractivity contribution in [3.63, 3.8) is 0 Å². The van der Waals surface area contributed by atoms with Crippen molar-refractivity contribution in [2.24, 2.45) is 0 Å². The summed E-state index contributed by atoms with van der Waals surface area (Å²) in [6, 6.07) is 5.90. The van der Waals surface area contributed by atoms with Crippen LogP contribution < -0.4 is 5.32 Å². The number of anilines is 1. The van der Waals surface area contributed by atoms with Crippen LogP contribution in [0.5, 0.6) is 0 Å². The van der Waals surface area contributed by atoms with Crippen molar-refractivity contribution < 1.29 is 31.9 Å². The number of hydrogen-bond acceptors (Lipinski definition) is 4. The van der Waals surface area contributed by atoms with E-state index in [-0.39, 0.29) is 4.88 Å². The molecule has 2 aromatic carbocycles. The van der Waals surface area contributed by atoms with Gasteiger partial charge in [-0.05, 0) is 36.8 Å². The molecule has 4 nitrogen and oxygen atoms in total. The molecule has 0 saturated heterocycles. The van der Waals surface area contributed by atoms with Crippen LogP contribution in [0, 0.1) is 30.2 Å². The first kappa shape index (κ1) is 18.8. The Morgan fingerprint density at radius 2 is 1.78 bits per heavy atom. The highest BCUT2D eigenvalue weighted by Gasteiger charge is 2.20. The molecule has 0 unspecified atom stereocenters. The fourth-order valence-corrected chi connectivity index (χ4v) is 3.57. The summed E-state index contributed by atoms with van der Waals surface area (Å²) in [6.07, 6.45) is 0. The van der Waals surface area contributed by atoms with E-state index in [2.05, 4.69) is 0 Å². The third kappa shape index (κ3) is 3.63. The molecule has 0 saturated carbocycles. The van der Waals surface area contributed by atoms with Gasteiger partial charge < -0.3 is 10.1 Å². The van der Waals surface area contributed by atoms with Crippen LogP contribution in [0.1, 0.15) is 15.2 Å². The Morgan fingerprint density at radius 1 is 1.04 bits per heavy atom. The van der Waals surface area contributed by atoms with Crippen molar-refractivity contribution in [2.45, 2.75) is 6.92 Å². The molecular weight excluding hydrogens is 386 g/mol. The molecule has 0 radical (unpaired) electrons. The highest BCUT2D eigenvalue weighted by molar-refractivity contribution is 7.21. The summed E-state index contributed by atoms with van der Waals surface area (Å²) in [5.74, 6) is -6.97. The van der Waals surface area contributed by atoms with Gasteiger partial charge in [-0.2, -0.15) is 0 Å². The highest BCUT2D eigenvalue weighted by atomic mass is 32.1. The number of hydrogen-bond donors (Lipinski definition) is 1. The van der Waals surface area contributed by atoms with E-state index in [0.29, 0.717) is 21.7 Å². The lowest BCUT2D eigenvalue weighted by molar-refractivity contribution is -0.119. The number of halogens is 4. The predicted molar refractivity (Wildman–Crippen MR) is 91.7 cm³/mol. The molecule has 140 valence electrons. The van der Waals surface area contributed by atoms with Gasteiger partial charge in [0.25, 0.3) is 5.91 Å². The van der Waals surface area contributed by atoms with E-state index < -0.39 is 47.4 Å². The average Bonchev–Trinajstić information content (AvgIpc) is 2.98. The Labute approximate surface area is 154 Å². The minimum atomic E-state index is -1.73. The maximum Gasteiger partial charge on any atom is 0.349 e. The largest absolute Gasteiger partial charge is 0.451 e. The zero-order chi connectivity index (χ0) is 19.7. The molecule has 0 spiro atoms. The van der Waals surface area contributed by atoms with Gasteiger partial charge >= 0.3 is 5.97 Å². The van der Waals surface area contributed by atoms with Gasteiger partial charge in [0, 0.05) is 10.1 Å². The topological polar surface area (TPSA) is 55.4 Å². The lowest BCUT2D eigenvalue weighted by Crippen LogP contribution is -2.21. The number of amides is 1. The molecule has 1 amide bonds. The zero-order valence-corrected chi connectivity index (χ0v) is 14.6. The first-order valence-corrected chi connectivity index (χ1v) is 8.39. The van der Waals surface area contributed by atoms with Crippen molar-refractivity contribution in [3.05, 3.63) is 64.0 Å². The molecule has 3 rings (SSSR count). The number of esters is 1. The molecule has 1 N–H and O–H groups in total. The van der Waals surface area contributed by atoms with Gasteiger partial charge in [0.15, 0.2) is 24.1 Å². The number of ether oxygens (including phenoxy) is 1. The van der Waals surface area contributed by atoms with Gasteiger partial charge in [-0.15, -0.1) is 11.3 Å². The second-order valence-electron chi connectivity index (χ2n) is 5.52. The van der Waals surface area contributed by atoms with Crippen molar-refractivity contribution in [3.8, 4) is 0 Å². The van der Waals surface area contributed by atoms with Crippen LogP contribution in [0.4, 0.5) is 23.2 Å². The number of carbonyl (C=O) groups is 2. The number of benzene rings is 2. The smallest absolute Gasteiger partial charge is 0.349 e. The van der Waals surface area contributed by atoms with E-state index in [0.717, 1.165) is 17.4 Å². The number of fused-ring (bicyclic) bond motifs is 1. The number of thiophene rings is 1. The zero-order valence-electron chi connectivity index (χ0n) is 13.7. The third-order valence-electron chi connectivity index (χ3n) is 3.73. The molecule has 9 heteroatoms. The van der Waals surface area contributed by atoms with Crippen LogP contribution in [0.25, 0.3) is 10.1 Å². The summed E-state index contributed by atoms with van der Waals surface area (Å²) in [4.78, 5) is 24.1. The Morgan fingerprint density at radius 3 is 2.48 bits per heavy atom. The minimum Gasteiger partial charge on any atom is -0.451 e. The van der Waals surface area contributed by atoms with Gasteiger partial charge in [-0.1, -0.05) is 6.07 Å². The molecule has 0 aliphatic rings. The van der Waals surface area contributed by atoms with E-state index >= 15 is 0 Å². The maximum atomic E-state index is 13.9. The quantitative estimate of drug-likeness (QED) is 0.399. The fraction of sp³-hybridized carbons (Fsp3) is 0.111. The van der Waals surface area contributed by atoms with Crippen LogP contribution >= 0.6 is 11.3 Å². The summed E-state index contributed by atoms with van der Waals surface area (Å²) in [5, 5.41) is 2.28. The van der Waals surface area contributed by atoms with E-state index in [1.54, 1.807) is 13.0 Å². The van der Waals surface area contributed by atoms with Gasteiger partial charge in [0.05, 0.1) is 5.69 Å². The third-order valence-corrected chi connectivity index (χ3v) is 4.97. The standard InChI is InChI=1S/C18H11F4NO3S/c1-8-14-9(19)3-2-4-12(14)27-17(8)18(25)26-7-13(24)23-11-6-5-10(20)15(21)16(11)22/h2-6H,7H2,1H3,(H,23,24). The molecule has 0 bridgehead atoms. The van der Waals surface area contributed by atoms with Gasteiger partial charge in [-0.25, -0.2) is 22.4 Å². The van der Waals surface area contributed by atoms with Crippen LogP contribution in [0.15, 0.2) is 30.3 Å². The number of nitrogens with one attached hydrogen (secondary N) is 1. The Kier molecular flexibility index (Phi) is 5.13. The highest BCUT2D eigenvalue weighted by Crippen LogP contribution is 2.33. The van der Waals surface area contributed by atoms with Crippen molar-refractivity contribution in [1.82, 2.24) is 0 Å². The second-order valence-corrected chi connectivity index (χ2v) is 6.57. The van der Waals surface area contributed by atoms with Crippen LogP contribution in [0.2, 0.25) is 0 Å². The normalized spacial score (nSPS) is 10.9. The summed E-state index contributed by atoms with van der Waals surface area (Å²) in [6.45, 7) is 0.767. The van der Waals surface area contributed by atoms with Gasteiger partial charge in [0.2, 0.25) is 0 Å². The SMILES string of the molecule is Cc1c(C(=O)OCC(=O)Nc2ccc(F)c(F)c2F)sc2cccc(F)c12. The second kappa shape index (κ2) is 7.36. The molecule has 27 heavy (non-hydrogen) atoms. The van der Waals surface area contributed by atoms with Crippen molar-refractivity contribution in [1.29, 1.82) is 0 Å². The van der Waals surface area contributed by atoms with Crippen molar-refractivity contribution >= 4 is 39.0 Å². The van der Waals surface area contributed by atoms with Crippen molar-refractivity contribution in [2.75, 3.05) is 11.9 Å². The summed E-state index contributed by atoms with van der Waals surface area (Å²) < 4.78 is 58.8. The molecule has 0 fully saturated rings. The van der Waals surface area contributed by atoms with Crippen LogP contribution in [0.3, 0.4) is 0 Å². The Balaban J connectivity index is 1.69. The van der Waals surface area contributed by atoms with E-state index in [1.165, 1.54) is 12.1 Å². The molecule has 0 atom stereocenters. The molecule has 1 aromatic heterocycles. The maximum absolute atomic E-state index is 13.9. The summed E-state index contributed by atoms with van der Waals surface area (Å²) in [5.41, 5.74) is -0.208. The Bertz CT molecular complexity index is 1060. The number of rotatable bonds is 4. The average molecular weight is 397 g/mol. The van der Waals surface area contributed by atoms with Gasteiger partial charge in [0.1, 0.15) is 10.7 Å². The number of carbonyl (C=O) groups excluding carboxylic acids is 2. The minimum absolute atomic E-state index is 0.127. The van der Waals surface area contributed by atoms with Gasteiger partial charge in [-0.3, -0.25) is 4.79 Å². The van der Waals surface area contributed by atoms with E-state index in [1.807, 2.05) is 5.32 Å². The molecule has 1 heterocycles. The number of aryl methyl sites for hydroxylation is 1. The summed E-state index contributed by atoms with van der Waals surface area (Å²) in [7, 11) is 0. The predicted octanol–water partition coefficient (Wildman–Crippen LogP) is 4.56. The molecule has 3 aromatic rings. The lowest BCUT2D eigenvalue weighted by Gasteiger charge is -2.08. The first-order valence-electron chi connectivity index (χ1n) is 7.57. The molecule has 0 aliphatic heterocycles. The van der Waals surface area contributed by atoms with E-state index in [9.17, 15) is 27.2 Å². The molecular formula is C18H11F4NO3S. The molecule has 0 aliphatic carbocycles. The summed E-state index contributed by atoms with van der Waals surface area (Å²) >= 11 is 1.01. The first-order chi connectivity index (χ1) is 12.8.